The fourth-order valence-corrected chi connectivity index (χ4v) is 2.53. The molecule has 0 saturated heterocycles. The van der Waals surface area contributed by atoms with E-state index in [0.29, 0.717) is 23.2 Å². The lowest BCUT2D eigenvalue weighted by molar-refractivity contribution is 0.0944. The number of carbonyl (C=O) groups excluding carboxylic acids is 1. The van der Waals surface area contributed by atoms with Crippen LogP contribution in [0, 0.1) is 23.1 Å². The Bertz CT molecular complexity index is 831. The van der Waals surface area contributed by atoms with Crippen LogP contribution < -0.4 is 5.32 Å². The summed E-state index contributed by atoms with van der Waals surface area (Å²) in [5, 5.41) is 2.91. The Hall–Kier alpha value is -2.67. The molecule has 116 valence electrons. The summed E-state index contributed by atoms with van der Waals surface area (Å²) in [5.74, 6) is 5.18. The molecule has 4 heteroatoms. The first-order valence-corrected chi connectivity index (χ1v) is 7.48. The second-order valence-electron chi connectivity index (χ2n) is 6.47. The van der Waals surface area contributed by atoms with Crippen molar-refractivity contribution in [1.29, 1.82) is 0 Å². The van der Waals surface area contributed by atoms with Gasteiger partial charge >= 0.3 is 0 Å². The van der Waals surface area contributed by atoms with Crippen LogP contribution in [0.3, 0.4) is 0 Å². The SMILES string of the molecule is CC1(C)CNC(=O)c2cc(C#Cc3ccccc3F)cnc2C1. The second kappa shape index (κ2) is 5.85. The second-order valence-corrected chi connectivity index (χ2v) is 6.47. The standard InChI is InChI=1S/C19H17FN2O/c1-19(2)10-17-15(18(23)22-12-19)9-13(11-21-17)7-8-14-5-3-4-6-16(14)20/h3-6,9,11H,10,12H2,1-2H3,(H,22,23). The first-order valence-electron chi connectivity index (χ1n) is 7.48. The van der Waals surface area contributed by atoms with Gasteiger partial charge in [-0.1, -0.05) is 37.8 Å². The average Bonchev–Trinajstić information content (AvgIpc) is 2.63. The number of rotatable bonds is 0. The third kappa shape index (κ3) is 3.40. The Labute approximate surface area is 134 Å². The number of aromatic nitrogens is 1. The summed E-state index contributed by atoms with van der Waals surface area (Å²) in [6, 6.07) is 8.07. The van der Waals surface area contributed by atoms with Crippen LogP contribution in [-0.2, 0) is 6.42 Å². The van der Waals surface area contributed by atoms with E-state index in [2.05, 4.69) is 36.0 Å². The number of nitrogens with one attached hydrogen (secondary N) is 1. The maximum Gasteiger partial charge on any atom is 0.253 e. The molecule has 1 aliphatic rings. The summed E-state index contributed by atoms with van der Waals surface area (Å²) in [4.78, 5) is 16.6. The lowest BCUT2D eigenvalue weighted by Crippen LogP contribution is -2.31. The van der Waals surface area contributed by atoms with Gasteiger partial charge in [0.05, 0.1) is 16.8 Å². The minimum atomic E-state index is -0.359. The Morgan fingerprint density at radius 1 is 1.26 bits per heavy atom. The summed E-state index contributed by atoms with van der Waals surface area (Å²) in [5.41, 5.74) is 2.22. The molecule has 1 N–H and O–H groups in total. The molecule has 1 amide bonds. The Kier molecular flexibility index (Phi) is 3.87. The summed E-state index contributed by atoms with van der Waals surface area (Å²) < 4.78 is 13.6. The summed E-state index contributed by atoms with van der Waals surface area (Å²) in [7, 11) is 0. The van der Waals surface area contributed by atoms with Crippen LogP contribution in [-0.4, -0.2) is 17.4 Å². The molecular formula is C19H17FN2O. The van der Waals surface area contributed by atoms with E-state index in [0.717, 1.165) is 12.1 Å². The van der Waals surface area contributed by atoms with Crippen molar-refractivity contribution >= 4 is 5.91 Å². The minimum Gasteiger partial charge on any atom is -0.351 e. The molecule has 0 unspecified atom stereocenters. The van der Waals surface area contributed by atoms with Gasteiger partial charge in [0.1, 0.15) is 5.82 Å². The van der Waals surface area contributed by atoms with Crippen LogP contribution in [0.4, 0.5) is 4.39 Å². The van der Waals surface area contributed by atoms with Gasteiger partial charge in [-0.05, 0) is 30.0 Å². The van der Waals surface area contributed by atoms with Crippen molar-refractivity contribution in [2.75, 3.05) is 6.54 Å². The molecular weight excluding hydrogens is 291 g/mol. The molecule has 2 aromatic rings. The first kappa shape index (κ1) is 15.2. The van der Waals surface area contributed by atoms with E-state index in [9.17, 15) is 9.18 Å². The normalized spacial score (nSPS) is 15.7. The van der Waals surface area contributed by atoms with E-state index in [-0.39, 0.29) is 17.1 Å². The molecule has 0 fully saturated rings. The molecule has 1 aliphatic heterocycles. The van der Waals surface area contributed by atoms with Crippen LogP contribution in [0.25, 0.3) is 0 Å². The van der Waals surface area contributed by atoms with E-state index in [4.69, 9.17) is 0 Å². The highest BCUT2D eigenvalue weighted by Gasteiger charge is 2.27. The van der Waals surface area contributed by atoms with Gasteiger partial charge < -0.3 is 5.32 Å². The van der Waals surface area contributed by atoms with Gasteiger partial charge in [0.2, 0.25) is 0 Å². The van der Waals surface area contributed by atoms with Crippen molar-refractivity contribution in [3.05, 3.63) is 64.7 Å². The fourth-order valence-electron chi connectivity index (χ4n) is 2.53. The molecule has 1 aromatic heterocycles. The Balaban J connectivity index is 1.96. The number of nitrogens with zero attached hydrogens (tertiary/aromatic N) is 1. The largest absolute Gasteiger partial charge is 0.351 e. The summed E-state index contributed by atoms with van der Waals surface area (Å²) in [6.07, 6.45) is 2.36. The van der Waals surface area contributed by atoms with Crippen LogP contribution in [0.15, 0.2) is 36.5 Å². The molecule has 0 bridgehead atoms. The molecule has 0 saturated carbocycles. The van der Waals surface area contributed by atoms with Crippen molar-refractivity contribution in [3.8, 4) is 11.8 Å². The minimum absolute atomic E-state index is 0.0335. The average molecular weight is 308 g/mol. The molecule has 0 atom stereocenters. The highest BCUT2D eigenvalue weighted by molar-refractivity contribution is 5.96. The van der Waals surface area contributed by atoms with E-state index in [1.165, 1.54) is 6.07 Å². The van der Waals surface area contributed by atoms with Crippen molar-refractivity contribution < 1.29 is 9.18 Å². The van der Waals surface area contributed by atoms with Crippen molar-refractivity contribution in [3.63, 3.8) is 0 Å². The molecule has 0 radical (unpaired) electrons. The molecule has 0 spiro atoms. The number of halogens is 1. The molecule has 3 nitrogen and oxygen atoms in total. The molecule has 0 aliphatic carbocycles. The maximum atomic E-state index is 13.6. The molecule has 1 aromatic carbocycles. The van der Waals surface area contributed by atoms with E-state index in [1.807, 2.05) is 0 Å². The number of pyridine rings is 1. The number of hydrogen-bond acceptors (Lipinski definition) is 2. The Morgan fingerprint density at radius 3 is 2.83 bits per heavy atom. The van der Waals surface area contributed by atoms with Gasteiger partial charge in [-0.3, -0.25) is 9.78 Å². The van der Waals surface area contributed by atoms with Crippen molar-refractivity contribution in [2.24, 2.45) is 5.41 Å². The van der Waals surface area contributed by atoms with Crippen LogP contribution in [0.5, 0.6) is 0 Å². The zero-order chi connectivity index (χ0) is 16.4. The van der Waals surface area contributed by atoms with E-state index < -0.39 is 0 Å². The van der Waals surface area contributed by atoms with Gasteiger partial charge in [-0.25, -0.2) is 4.39 Å². The highest BCUT2D eigenvalue weighted by Crippen LogP contribution is 2.25. The number of hydrogen-bond donors (Lipinski definition) is 1. The van der Waals surface area contributed by atoms with Crippen LogP contribution in [0.2, 0.25) is 0 Å². The smallest absolute Gasteiger partial charge is 0.253 e. The topological polar surface area (TPSA) is 42.0 Å². The monoisotopic (exact) mass is 308 g/mol. The zero-order valence-electron chi connectivity index (χ0n) is 13.1. The first-order chi connectivity index (χ1) is 10.9. The number of benzene rings is 1. The predicted octanol–water partition coefficient (Wildman–Crippen LogP) is 2.93. The number of carbonyl (C=O) groups is 1. The third-order valence-electron chi connectivity index (χ3n) is 3.80. The van der Waals surface area contributed by atoms with Crippen molar-refractivity contribution in [1.82, 2.24) is 10.3 Å². The fraction of sp³-hybridized carbons (Fsp3) is 0.263. The van der Waals surface area contributed by atoms with Gasteiger partial charge in [-0.2, -0.15) is 0 Å². The predicted molar refractivity (Wildman–Crippen MR) is 86.4 cm³/mol. The molecule has 3 rings (SSSR count). The molecule has 2 heterocycles. The van der Waals surface area contributed by atoms with E-state index in [1.54, 1.807) is 30.5 Å². The Morgan fingerprint density at radius 2 is 2.04 bits per heavy atom. The van der Waals surface area contributed by atoms with Crippen molar-refractivity contribution in [2.45, 2.75) is 20.3 Å². The zero-order valence-corrected chi connectivity index (χ0v) is 13.1. The lowest BCUT2D eigenvalue weighted by Gasteiger charge is -2.21. The van der Waals surface area contributed by atoms with Gasteiger partial charge in [-0.15, -0.1) is 0 Å². The summed E-state index contributed by atoms with van der Waals surface area (Å²) in [6.45, 7) is 4.80. The number of fused-ring (bicyclic) bond motifs is 1. The van der Waals surface area contributed by atoms with Crippen LogP contribution in [0.1, 0.15) is 41.0 Å². The summed E-state index contributed by atoms with van der Waals surface area (Å²) >= 11 is 0. The molecule has 23 heavy (non-hydrogen) atoms. The number of amides is 1. The van der Waals surface area contributed by atoms with E-state index >= 15 is 0 Å². The quantitative estimate of drug-likeness (QED) is 0.760. The third-order valence-corrected chi connectivity index (χ3v) is 3.80. The highest BCUT2D eigenvalue weighted by atomic mass is 19.1. The maximum absolute atomic E-state index is 13.6. The lowest BCUT2D eigenvalue weighted by atomic mass is 9.87. The van der Waals surface area contributed by atoms with Gasteiger partial charge in [0.25, 0.3) is 5.91 Å². The van der Waals surface area contributed by atoms with Gasteiger partial charge in [0, 0.05) is 18.3 Å². The van der Waals surface area contributed by atoms with Gasteiger partial charge in [0.15, 0.2) is 0 Å². The van der Waals surface area contributed by atoms with Crippen LogP contribution >= 0.6 is 0 Å².